The van der Waals surface area contributed by atoms with Crippen LogP contribution in [0.4, 0.5) is 0 Å². The van der Waals surface area contributed by atoms with E-state index >= 15 is 0 Å². The quantitative estimate of drug-likeness (QED) is 0.174. The Morgan fingerprint density at radius 2 is 0.642 bits per heavy atom. The molecule has 0 unspecified atom stereocenters. The fourth-order valence-electron chi connectivity index (χ4n) is 10.0. The van der Waals surface area contributed by atoms with E-state index in [1.807, 2.05) is 0 Å². The summed E-state index contributed by atoms with van der Waals surface area (Å²) in [6, 6.07) is 68.5. The molecule has 0 radical (unpaired) electrons. The topological polar surface area (TPSA) is 0 Å². The van der Waals surface area contributed by atoms with Gasteiger partial charge in [-0.05, 0) is 119 Å². The van der Waals surface area contributed by atoms with Gasteiger partial charge in [0.25, 0.3) is 0 Å². The van der Waals surface area contributed by atoms with Crippen molar-refractivity contribution in [1.29, 1.82) is 0 Å². The van der Waals surface area contributed by atoms with Crippen molar-refractivity contribution in [2.75, 3.05) is 0 Å². The van der Waals surface area contributed by atoms with Gasteiger partial charge >= 0.3 is 0 Å². The van der Waals surface area contributed by atoms with Gasteiger partial charge in [0.15, 0.2) is 0 Å². The molecule has 1 spiro atoms. The molecule has 0 fully saturated rings. The molecule has 0 aliphatic heterocycles. The van der Waals surface area contributed by atoms with Crippen molar-refractivity contribution in [3.63, 3.8) is 0 Å². The summed E-state index contributed by atoms with van der Waals surface area (Å²) in [7, 11) is 0. The van der Waals surface area contributed by atoms with E-state index in [2.05, 4.69) is 196 Å². The highest BCUT2D eigenvalue weighted by Gasteiger charge is 2.51. The third kappa shape index (κ3) is 4.24. The minimum atomic E-state index is -0.317. The Morgan fingerprint density at radius 1 is 0.302 bits per heavy atom. The van der Waals surface area contributed by atoms with Gasteiger partial charge in [-0.3, -0.25) is 0 Å². The van der Waals surface area contributed by atoms with E-state index in [4.69, 9.17) is 0 Å². The Labute approximate surface area is 312 Å². The van der Waals surface area contributed by atoms with Crippen LogP contribution in [0.15, 0.2) is 182 Å². The highest BCUT2D eigenvalue weighted by atomic mass is 14.5. The number of fused-ring (bicyclic) bond motifs is 13. The second kappa shape index (κ2) is 11.1. The van der Waals surface area contributed by atoms with Crippen molar-refractivity contribution in [3.8, 4) is 55.6 Å². The molecule has 0 nitrogen and oxygen atoms in total. The molecule has 11 rings (SSSR count). The Morgan fingerprint density at radius 3 is 1.11 bits per heavy atom. The molecule has 3 aliphatic carbocycles. The van der Waals surface area contributed by atoms with Crippen molar-refractivity contribution < 1.29 is 0 Å². The first-order valence-electron chi connectivity index (χ1n) is 18.9. The summed E-state index contributed by atoms with van der Waals surface area (Å²) >= 11 is 0. The molecule has 0 atom stereocenters. The van der Waals surface area contributed by atoms with Crippen LogP contribution in [0.5, 0.6) is 0 Å². The maximum atomic E-state index is 2.47. The van der Waals surface area contributed by atoms with Gasteiger partial charge in [0.05, 0.1) is 5.41 Å². The fraction of sp³-hybridized carbons (Fsp3) is 0.0943. The predicted octanol–water partition coefficient (Wildman–Crippen LogP) is 13.3. The number of rotatable bonds is 4. The molecule has 250 valence electrons. The molecular formula is C53H38. The first-order valence-corrected chi connectivity index (χ1v) is 18.9. The molecule has 0 N–H and O–H groups in total. The Hall–Kier alpha value is -6.24. The average Bonchev–Trinajstić information content (AvgIpc) is 3.77. The summed E-state index contributed by atoms with van der Waals surface area (Å²) in [6.07, 6.45) is 0.906. The molecule has 53 heavy (non-hydrogen) atoms. The van der Waals surface area contributed by atoms with Gasteiger partial charge in [-0.25, -0.2) is 0 Å². The summed E-state index contributed by atoms with van der Waals surface area (Å²) in [5.41, 5.74) is 23.9. The molecule has 8 aromatic carbocycles. The van der Waals surface area contributed by atoms with E-state index in [9.17, 15) is 0 Å². The smallest absolute Gasteiger partial charge is 0.0619 e. The Kier molecular flexibility index (Phi) is 6.38. The van der Waals surface area contributed by atoms with Crippen molar-refractivity contribution in [1.82, 2.24) is 0 Å². The molecule has 0 saturated carbocycles. The zero-order valence-electron chi connectivity index (χ0n) is 30.0. The molecule has 0 amide bonds. The normalized spacial score (nSPS) is 14.6. The summed E-state index contributed by atoms with van der Waals surface area (Å²) in [4.78, 5) is 0. The van der Waals surface area contributed by atoms with Crippen molar-refractivity contribution >= 4 is 0 Å². The highest BCUT2D eigenvalue weighted by molar-refractivity contribution is 5.96. The van der Waals surface area contributed by atoms with Crippen LogP contribution >= 0.6 is 0 Å². The number of hydrogen-bond donors (Lipinski definition) is 0. The van der Waals surface area contributed by atoms with Gasteiger partial charge in [0.1, 0.15) is 0 Å². The summed E-state index contributed by atoms with van der Waals surface area (Å²) < 4.78 is 0. The van der Waals surface area contributed by atoms with Crippen LogP contribution in [0.3, 0.4) is 0 Å². The number of hydrogen-bond acceptors (Lipinski definition) is 0. The lowest BCUT2D eigenvalue weighted by atomic mass is 9.70. The van der Waals surface area contributed by atoms with Gasteiger partial charge in [-0.2, -0.15) is 0 Å². The van der Waals surface area contributed by atoms with E-state index in [1.165, 1.54) is 100 Å². The lowest BCUT2D eigenvalue weighted by molar-refractivity contribution is 0.660. The van der Waals surface area contributed by atoms with Crippen LogP contribution in [-0.2, 0) is 17.3 Å². The van der Waals surface area contributed by atoms with Crippen molar-refractivity contribution in [2.45, 2.75) is 31.1 Å². The zero-order chi connectivity index (χ0) is 35.3. The summed E-state index contributed by atoms with van der Waals surface area (Å²) in [5.74, 6) is 0. The van der Waals surface area contributed by atoms with E-state index in [1.54, 1.807) is 0 Å². The summed E-state index contributed by atoms with van der Waals surface area (Å²) in [6.45, 7) is 4.70. The van der Waals surface area contributed by atoms with E-state index in [0.29, 0.717) is 0 Å². The van der Waals surface area contributed by atoms with Crippen molar-refractivity contribution in [3.05, 3.63) is 226 Å². The molecular weight excluding hydrogens is 637 g/mol. The monoisotopic (exact) mass is 674 g/mol. The SMILES string of the molecule is CC1(C)c2ccccc2-c2ccc(-c3ccc(Cc4ccc(-c5ccc6c(c5)C5(c7ccccc7-c7ccccc75)c5ccccc5-6)cc4)cc3)cc21. The maximum absolute atomic E-state index is 2.47. The third-order valence-electron chi connectivity index (χ3n) is 12.6. The van der Waals surface area contributed by atoms with Crippen molar-refractivity contribution in [2.24, 2.45) is 0 Å². The van der Waals surface area contributed by atoms with Crippen LogP contribution in [0.1, 0.15) is 58.4 Å². The van der Waals surface area contributed by atoms with E-state index in [0.717, 1.165) is 6.42 Å². The van der Waals surface area contributed by atoms with Crippen LogP contribution in [0.2, 0.25) is 0 Å². The van der Waals surface area contributed by atoms with Crippen LogP contribution in [-0.4, -0.2) is 0 Å². The standard InChI is InChI=1S/C53H38/c1-52(2)46-15-7-3-11-40(46)44-29-27-38(32-50(44)52)36-23-19-34(20-24-36)31-35-21-25-37(26-22-35)39-28-30-45-43-14-6-10-18-49(43)53(51(45)33-39)47-16-8-4-12-41(47)42-13-5-9-17-48(42)53/h3-30,32-33H,31H2,1-2H3. The lowest BCUT2D eigenvalue weighted by Crippen LogP contribution is -2.25. The van der Waals surface area contributed by atoms with Gasteiger partial charge in [-0.15, -0.1) is 0 Å². The van der Waals surface area contributed by atoms with Crippen LogP contribution in [0.25, 0.3) is 55.6 Å². The van der Waals surface area contributed by atoms with Crippen LogP contribution < -0.4 is 0 Å². The Balaban J connectivity index is 0.896. The molecule has 3 aliphatic rings. The van der Waals surface area contributed by atoms with Crippen LogP contribution in [0, 0.1) is 0 Å². The molecule has 0 saturated heterocycles. The first-order chi connectivity index (χ1) is 26.0. The number of benzene rings is 8. The minimum Gasteiger partial charge on any atom is -0.0619 e. The third-order valence-corrected chi connectivity index (χ3v) is 12.6. The molecule has 8 aromatic rings. The summed E-state index contributed by atoms with van der Waals surface area (Å²) in [5, 5.41) is 0. The second-order valence-corrected chi connectivity index (χ2v) is 15.6. The van der Waals surface area contributed by atoms with Gasteiger partial charge in [-0.1, -0.05) is 184 Å². The van der Waals surface area contributed by atoms with Gasteiger partial charge in [0, 0.05) is 5.41 Å². The lowest BCUT2D eigenvalue weighted by Gasteiger charge is -2.30. The second-order valence-electron chi connectivity index (χ2n) is 15.6. The first kappa shape index (κ1) is 30.4. The maximum Gasteiger partial charge on any atom is 0.0725 e. The Bertz CT molecular complexity index is 2690. The fourth-order valence-corrected chi connectivity index (χ4v) is 10.0. The minimum absolute atomic E-state index is 0.00755. The largest absolute Gasteiger partial charge is 0.0725 e. The predicted molar refractivity (Wildman–Crippen MR) is 220 cm³/mol. The van der Waals surface area contributed by atoms with Gasteiger partial charge in [0.2, 0.25) is 0 Å². The molecule has 0 heteroatoms. The average molecular weight is 675 g/mol. The highest BCUT2D eigenvalue weighted by Crippen LogP contribution is 2.63. The van der Waals surface area contributed by atoms with Gasteiger partial charge < -0.3 is 0 Å². The van der Waals surface area contributed by atoms with E-state index in [-0.39, 0.29) is 10.8 Å². The molecule has 0 bridgehead atoms. The molecule has 0 aromatic heterocycles. The molecule has 0 heterocycles. The van der Waals surface area contributed by atoms with E-state index < -0.39 is 0 Å². The zero-order valence-corrected chi connectivity index (χ0v) is 30.0.